The Kier molecular flexibility index (Phi) is 3.23. The smallest absolute Gasteiger partial charge is 0.360 e. The van der Waals surface area contributed by atoms with Gasteiger partial charge in [0.1, 0.15) is 5.82 Å². The molecular weight excluding hydrogens is 295 g/mol. The molecule has 0 atom stereocenters. The van der Waals surface area contributed by atoms with Crippen LogP contribution in [0.25, 0.3) is 22.9 Å². The van der Waals surface area contributed by atoms with E-state index >= 15 is 0 Å². The van der Waals surface area contributed by atoms with Crippen LogP contribution >= 0.6 is 0 Å². The van der Waals surface area contributed by atoms with E-state index in [4.69, 9.17) is 13.9 Å². The molecule has 0 unspecified atom stereocenters. The van der Waals surface area contributed by atoms with Crippen molar-refractivity contribution in [3.05, 3.63) is 65.4 Å². The molecule has 3 nitrogen and oxygen atoms in total. The summed E-state index contributed by atoms with van der Waals surface area (Å²) in [6.45, 7) is 2.14. The minimum absolute atomic E-state index is 0.239. The van der Waals surface area contributed by atoms with Gasteiger partial charge in [-0.15, -0.1) is 0 Å². The van der Waals surface area contributed by atoms with Crippen LogP contribution in [0.5, 0.6) is 11.5 Å². The van der Waals surface area contributed by atoms with E-state index in [9.17, 15) is 4.39 Å². The van der Waals surface area contributed by atoms with Crippen LogP contribution in [0.3, 0.4) is 0 Å². The highest BCUT2D eigenvalue weighted by molar-refractivity contribution is 5.93. The lowest BCUT2D eigenvalue weighted by Crippen LogP contribution is -1.92. The van der Waals surface area contributed by atoms with Gasteiger partial charge >= 0.3 is 11.5 Å². The van der Waals surface area contributed by atoms with Gasteiger partial charge in [0.05, 0.1) is 12.3 Å². The summed E-state index contributed by atoms with van der Waals surface area (Å²) < 4.78 is 29.7. The van der Waals surface area contributed by atoms with Gasteiger partial charge < -0.3 is 9.47 Å². The minimum atomic E-state index is -0.249. The fourth-order valence-corrected chi connectivity index (χ4v) is 2.64. The van der Waals surface area contributed by atoms with Crippen LogP contribution in [-0.4, -0.2) is 6.79 Å². The van der Waals surface area contributed by atoms with Crippen molar-refractivity contribution in [1.29, 1.82) is 0 Å². The number of hydrogen-bond donors (Lipinski definition) is 0. The third-order valence-corrected chi connectivity index (χ3v) is 3.74. The van der Waals surface area contributed by atoms with E-state index in [2.05, 4.69) is 0 Å². The highest BCUT2D eigenvalue weighted by atomic mass is 19.1. The predicted octanol–water partition coefficient (Wildman–Crippen LogP) is 5.06. The molecule has 1 aliphatic heterocycles. The first-order valence-electron chi connectivity index (χ1n) is 7.30. The van der Waals surface area contributed by atoms with Crippen molar-refractivity contribution in [2.75, 3.05) is 6.79 Å². The van der Waals surface area contributed by atoms with Crippen molar-refractivity contribution >= 4 is 22.9 Å². The zero-order valence-electron chi connectivity index (χ0n) is 12.5. The Hall–Kier alpha value is -2.88. The van der Waals surface area contributed by atoms with Crippen molar-refractivity contribution in [3.63, 3.8) is 0 Å². The molecule has 2 heterocycles. The Morgan fingerprint density at radius 2 is 1.74 bits per heavy atom. The second-order valence-corrected chi connectivity index (χ2v) is 5.40. The highest BCUT2D eigenvalue weighted by Gasteiger charge is 2.20. The van der Waals surface area contributed by atoms with Gasteiger partial charge in [0.15, 0.2) is 11.5 Å². The molecule has 23 heavy (non-hydrogen) atoms. The number of halogens is 1. The van der Waals surface area contributed by atoms with Crippen LogP contribution in [-0.2, 0) is 0 Å². The van der Waals surface area contributed by atoms with Gasteiger partial charge in [-0.1, -0.05) is 12.1 Å². The molecule has 0 radical (unpaired) electrons. The molecule has 0 fully saturated rings. The molecule has 1 aliphatic rings. The number of ether oxygens (including phenoxy) is 2. The molecule has 3 aromatic rings. The van der Waals surface area contributed by atoms with E-state index in [0.717, 1.165) is 33.6 Å². The van der Waals surface area contributed by atoms with Crippen LogP contribution < -0.4 is 9.47 Å². The lowest BCUT2D eigenvalue weighted by Gasteiger charge is -1.99. The average molecular weight is 309 g/mol. The number of hydrogen-bond acceptors (Lipinski definition) is 2. The predicted molar refractivity (Wildman–Crippen MR) is 86.8 cm³/mol. The summed E-state index contributed by atoms with van der Waals surface area (Å²) in [5.41, 5.74) is 0.900. The number of fused-ring (bicyclic) bond motifs is 2. The van der Waals surface area contributed by atoms with Gasteiger partial charge in [0, 0.05) is 23.6 Å². The summed E-state index contributed by atoms with van der Waals surface area (Å²) in [7, 11) is 0. The molecule has 0 aliphatic carbocycles. The van der Waals surface area contributed by atoms with Crippen LogP contribution in [0.15, 0.2) is 46.9 Å². The summed E-state index contributed by atoms with van der Waals surface area (Å²) >= 11 is 0. The Labute approximate surface area is 132 Å². The van der Waals surface area contributed by atoms with Crippen LogP contribution in [0, 0.1) is 12.7 Å². The standard InChI is InChI=1S/C19H14FO3/c1-12-8-14-9-18-19(22-11-21-18)10-16(14)17(23-12)7-4-13-2-5-15(20)6-3-13/h2-10H,11H2,1H3/q+1. The first-order chi connectivity index (χ1) is 11.2. The SMILES string of the molecule is Cc1cc2cc3c(cc2c(C=Cc2ccc(F)cc2)[o+]1)OCO3. The first kappa shape index (κ1) is 13.8. The van der Waals surface area contributed by atoms with Gasteiger partial charge in [0.2, 0.25) is 6.79 Å². The van der Waals surface area contributed by atoms with Gasteiger partial charge in [-0.3, -0.25) is 0 Å². The highest BCUT2D eigenvalue weighted by Crippen LogP contribution is 2.38. The lowest BCUT2D eigenvalue weighted by molar-refractivity contribution is 0.174. The topological polar surface area (TPSA) is 29.8 Å². The molecule has 0 spiro atoms. The fraction of sp³-hybridized carbons (Fsp3) is 0.105. The maximum Gasteiger partial charge on any atom is 0.360 e. The molecule has 114 valence electrons. The third kappa shape index (κ3) is 2.63. The summed E-state index contributed by atoms with van der Waals surface area (Å²) in [4.78, 5) is 0. The monoisotopic (exact) mass is 309 g/mol. The van der Waals surface area contributed by atoms with E-state index < -0.39 is 0 Å². The molecular formula is C19H14FO3+. The molecule has 0 saturated heterocycles. The molecule has 0 N–H and O–H groups in total. The Balaban J connectivity index is 1.81. The maximum atomic E-state index is 13.0. The Bertz CT molecular complexity index is 914. The molecule has 0 bridgehead atoms. The van der Waals surface area contributed by atoms with Crippen LogP contribution in [0.2, 0.25) is 0 Å². The van der Waals surface area contributed by atoms with Gasteiger partial charge in [-0.05, 0) is 29.8 Å². The fourth-order valence-electron chi connectivity index (χ4n) is 2.64. The molecule has 0 saturated carbocycles. The van der Waals surface area contributed by atoms with E-state index in [1.165, 1.54) is 12.1 Å². The molecule has 1 aromatic heterocycles. The number of aryl methyl sites for hydroxylation is 1. The summed E-state index contributed by atoms with van der Waals surface area (Å²) in [5.74, 6) is 2.74. The van der Waals surface area contributed by atoms with Gasteiger partial charge in [0.25, 0.3) is 0 Å². The third-order valence-electron chi connectivity index (χ3n) is 3.74. The molecule has 2 aromatic carbocycles. The number of rotatable bonds is 2. The zero-order valence-corrected chi connectivity index (χ0v) is 12.5. The van der Waals surface area contributed by atoms with Crippen molar-refractivity contribution in [1.82, 2.24) is 0 Å². The van der Waals surface area contributed by atoms with Crippen molar-refractivity contribution in [3.8, 4) is 11.5 Å². The van der Waals surface area contributed by atoms with Crippen molar-refractivity contribution < 1.29 is 18.3 Å². The second-order valence-electron chi connectivity index (χ2n) is 5.40. The number of benzene rings is 2. The molecule has 4 rings (SSSR count). The normalized spacial score (nSPS) is 13.1. The largest absolute Gasteiger partial charge is 0.454 e. The molecule has 4 heteroatoms. The van der Waals surface area contributed by atoms with E-state index in [0.29, 0.717) is 5.75 Å². The maximum absolute atomic E-state index is 13.0. The minimum Gasteiger partial charge on any atom is -0.454 e. The summed E-state index contributed by atoms with van der Waals surface area (Å²) in [5, 5.41) is 1.97. The van der Waals surface area contributed by atoms with Gasteiger partial charge in [-0.25, -0.2) is 8.81 Å². The van der Waals surface area contributed by atoms with E-state index in [-0.39, 0.29) is 12.6 Å². The van der Waals surface area contributed by atoms with Gasteiger partial charge in [-0.2, -0.15) is 0 Å². The van der Waals surface area contributed by atoms with E-state index in [1.807, 2.05) is 37.3 Å². The summed E-state index contributed by atoms with van der Waals surface area (Å²) in [6, 6.07) is 12.1. The first-order valence-corrected chi connectivity index (χ1v) is 7.30. The van der Waals surface area contributed by atoms with Crippen molar-refractivity contribution in [2.45, 2.75) is 6.92 Å². The summed E-state index contributed by atoms with van der Waals surface area (Å²) in [6.07, 6.45) is 3.77. The molecule has 0 amide bonds. The van der Waals surface area contributed by atoms with Crippen LogP contribution in [0.1, 0.15) is 17.1 Å². The van der Waals surface area contributed by atoms with Crippen molar-refractivity contribution in [2.24, 2.45) is 0 Å². The second kappa shape index (κ2) is 5.39. The van der Waals surface area contributed by atoms with Crippen LogP contribution in [0.4, 0.5) is 4.39 Å². The Morgan fingerprint density at radius 3 is 2.52 bits per heavy atom. The zero-order chi connectivity index (χ0) is 15.8. The Morgan fingerprint density at radius 1 is 1.00 bits per heavy atom. The average Bonchev–Trinajstić information content (AvgIpc) is 2.99. The van der Waals surface area contributed by atoms with E-state index in [1.54, 1.807) is 12.1 Å². The lowest BCUT2D eigenvalue weighted by atomic mass is 10.1. The quantitative estimate of drug-likeness (QED) is 0.620.